The molecule has 43 heavy (non-hydrogen) atoms. The van der Waals surface area contributed by atoms with E-state index in [1.54, 1.807) is 6.07 Å². The summed E-state index contributed by atoms with van der Waals surface area (Å²) in [6, 6.07) is 26.1. The first-order chi connectivity index (χ1) is 21.0. The van der Waals surface area contributed by atoms with Crippen LogP contribution >= 0.6 is 0 Å². The van der Waals surface area contributed by atoms with E-state index in [4.69, 9.17) is 4.74 Å². The van der Waals surface area contributed by atoms with Gasteiger partial charge < -0.3 is 9.84 Å². The third kappa shape index (κ3) is 4.06. The van der Waals surface area contributed by atoms with Gasteiger partial charge >= 0.3 is 0 Å². The number of carbonyl (C=O) groups is 4. The van der Waals surface area contributed by atoms with Crippen molar-refractivity contribution >= 4 is 29.0 Å². The van der Waals surface area contributed by atoms with E-state index in [1.165, 1.54) is 6.08 Å². The molecular weight excluding hydrogens is 542 g/mol. The van der Waals surface area contributed by atoms with E-state index in [-0.39, 0.29) is 43.0 Å². The van der Waals surface area contributed by atoms with Gasteiger partial charge in [0.05, 0.1) is 23.9 Å². The first kappa shape index (κ1) is 27.2. The van der Waals surface area contributed by atoms with E-state index >= 15 is 0 Å². The second-order valence-electron chi connectivity index (χ2n) is 11.8. The van der Waals surface area contributed by atoms with Gasteiger partial charge in [0.15, 0.2) is 11.6 Å². The number of aliphatic hydroxyl groups excluding tert-OH is 1. The van der Waals surface area contributed by atoms with Gasteiger partial charge in [0.1, 0.15) is 12.4 Å². The lowest BCUT2D eigenvalue weighted by Gasteiger charge is -2.55. The van der Waals surface area contributed by atoms with Crippen LogP contribution in [0, 0.1) is 23.7 Å². The van der Waals surface area contributed by atoms with Crippen LogP contribution in [0.25, 0.3) is 5.57 Å². The molecule has 216 valence electrons. The van der Waals surface area contributed by atoms with Crippen molar-refractivity contribution in [2.45, 2.75) is 24.2 Å². The van der Waals surface area contributed by atoms with E-state index in [0.29, 0.717) is 28.9 Å². The number of fused-ring (bicyclic) bond motifs is 4. The predicted molar refractivity (Wildman–Crippen MR) is 159 cm³/mol. The minimum Gasteiger partial charge on any atom is -0.491 e. The lowest BCUT2D eigenvalue weighted by atomic mass is 9.44. The molecule has 1 aliphatic heterocycles. The lowest BCUT2D eigenvalue weighted by molar-refractivity contribution is -0.135. The number of rotatable bonds is 6. The van der Waals surface area contributed by atoms with Crippen LogP contribution in [0.1, 0.15) is 35.4 Å². The third-order valence-corrected chi connectivity index (χ3v) is 9.80. The van der Waals surface area contributed by atoms with Gasteiger partial charge in [-0.25, -0.2) is 0 Å². The number of carbonyl (C=O) groups excluding carboxylic acids is 4. The van der Waals surface area contributed by atoms with Crippen LogP contribution in [0.2, 0.25) is 0 Å². The van der Waals surface area contributed by atoms with Crippen molar-refractivity contribution in [2.75, 3.05) is 13.2 Å². The van der Waals surface area contributed by atoms with E-state index in [9.17, 15) is 24.3 Å². The highest BCUT2D eigenvalue weighted by Gasteiger charge is 2.65. The largest absolute Gasteiger partial charge is 0.491 e. The van der Waals surface area contributed by atoms with Gasteiger partial charge in [-0.05, 0) is 42.0 Å². The monoisotopic (exact) mass is 573 g/mol. The fourth-order valence-corrected chi connectivity index (χ4v) is 8.14. The predicted octanol–water partition coefficient (Wildman–Crippen LogP) is 4.17. The van der Waals surface area contributed by atoms with Crippen LogP contribution in [0.3, 0.4) is 0 Å². The average Bonchev–Trinajstić information content (AvgIpc) is 3.34. The number of ketones is 2. The Morgan fingerprint density at radius 2 is 1.53 bits per heavy atom. The first-order valence-corrected chi connectivity index (χ1v) is 14.7. The molecule has 7 heteroatoms. The van der Waals surface area contributed by atoms with E-state index in [0.717, 1.165) is 11.1 Å². The molecule has 2 amide bonds. The van der Waals surface area contributed by atoms with Crippen LogP contribution < -0.4 is 10.1 Å². The van der Waals surface area contributed by atoms with Crippen LogP contribution in [0.15, 0.2) is 103 Å². The standard InChI is InChI=1S/C36H31NO6/c38-17-18-43-29-14-8-7-13-24(29)32-23-15-16-25-31(35(42)37-34(25)41)27(23)19-28-33(40)26(21-9-3-1-4-10-21)20-30(39)36(28,32)22-11-5-2-6-12-22/h1-15,20,25,27-28,31-32,38H,16-19H2,(H,37,41,42). The van der Waals surface area contributed by atoms with Crippen LogP contribution in [0.5, 0.6) is 5.75 Å². The summed E-state index contributed by atoms with van der Waals surface area (Å²) in [5.74, 6) is -3.45. The maximum absolute atomic E-state index is 14.9. The first-order valence-electron chi connectivity index (χ1n) is 14.7. The van der Waals surface area contributed by atoms with Crippen molar-refractivity contribution < 1.29 is 29.0 Å². The number of benzene rings is 3. The van der Waals surface area contributed by atoms with E-state index < -0.39 is 35.0 Å². The summed E-state index contributed by atoms with van der Waals surface area (Å²) in [7, 11) is 0. The number of aliphatic hydroxyl groups is 1. The normalized spacial score (nSPS) is 29.6. The molecular formula is C36H31NO6. The Balaban J connectivity index is 1.53. The number of imide groups is 1. The zero-order chi connectivity index (χ0) is 29.7. The highest BCUT2D eigenvalue weighted by Crippen LogP contribution is 2.64. The molecule has 0 radical (unpaired) electrons. The number of hydrogen-bond acceptors (Lipinski definition) is 6. The van der Waals surface area contributed by atoms with Gasteiger partial charge in [-0.2, -0.15) is 0 Å². The number of Topliss-reactive ketones (excluding diaryl/α,β-unsaturated/α-hetero) is 1. The summed E-state index contributed by atoms with van der Waals surface area (Å²) in [6.45, 7) is -0.135. The van der Waals surface area contributed by atoms with Gasteiger partial charge in [-0.1, -0.05) is 90.5 Å². The van der Waals surface area contributed by atoms with Crippen molar-refractivity contribution in [3.05, 3.63) is 119 Å². The highest BCUT2D eigenvalue weighted by atomic mass is 16.5. The molecule has 0 bridgehead atoms. The van der Waals surface area contributed by atoms with Gasteiger partial charge in [0.25, 0.3) is 0 Å². The molecule has 2 fully saturated rings. The second-order valence-corrected chi connectivity index (χ2v) is 11.8. The topological polar surface area (TPSA) is 110 Å². The zero-order valence-corrected chi connectivity index (χ0v) is 23.4. The summed E-state index contributed by atoms with van der Waals surface area (Å²) < 4.78 is 6.03. The highest BCUT2D eigenvalue weighted by molar-refractivity contribution is 6.31. The van der Waals surface area contributed by atoms with Crippen molar-refractivity contribution in [2.24, 2.45) is 23.7 Å². The fourth-order valence-electron chi connectivity index (χ4n) is 8.14. The molecule has 3 aliphatic carbocycles. The number of hydrogen-bond donors (Lipinski definition) is 2. The van der Waals surface area contributed by atoms with Crippen molar-refractivity contribution in [1.82, 2.24) is 5.32 Å². The summed E-state index contributed by atoms with van der Waals surface area (Å²) in [4.78, 5) is 55.8. The Kier molecular flexibility index (Phi) is 6.70. The minimum absolute atomic E-state index is 0.0561. The maximum atomic E-state index is 14.9. The van der Waals surface area contributed by atoms with Crippen molar-refractivity contribution in [3.8, 4) is 5.75 Å². The molecule has 4 aliphatic rings. The molecule has 0 aromatic heterocycles. The molecule has 3 aromatic carbocycles. The molecule has 1 saturated carbocycles. The summed E-state index contributed by atoms with van der Waals surface area (Å²) >= 11 is 0. The average molecular weight is 574 g/mol. The lowest BCUT2D eigenvalue weighted by Crippen LogP contribution is -2.58. The van der Waals surface area contributed by atoms with Gasteiger partial charge in [-0.15, -0.1) is 0 Å². The quantitative estimate of drug-likeness (QED) is 0.339. The number of allylic oxidation sites excluding steroid dienone is 4. The molecule has 6 unspecified atom stereocenters. The number of ether oxygens (including phenoxy) is 1. The molecule has 7 nitrogen and oxygen atoms in total. The number of nitrogens with one attached hydrogen (secondary N) is 1. The molecule has 1 saturated heterocycles. The molecule has 7 rings (SSSR count). The van der Waals surface area contributed by atoms with Gasteiger partial charge in [0, 0.05) is 23.0 Å². The third-order valence-electron chi connectivity index (χ3n) is 9.80. The van der Waals surface area contributed by atoms with Crippen molar-refractivity contribution in [3.63, 3.8) is 0 Å². The Morgan fingerprint density at radius 1 is 0.837 bits per heavy atom. The fraction of sp³-hybridized carbons (Fsp3) is 0.278. The number of amides is 2. The second kappa shape index (κ2) is 10.6. The van der Waals surface area contributed by atoms with Crippen LogP contribution in [0.4, 0.5) is 0 Å². The van der Waals surface area contributed by atoms with E-state index in [2.05, 4.69) is 5.32 Å². The Labute approximate surface area is 249 Å². The summed E-state index contributed by atoms with van der Waals surface area (Å²) in [5, 5.41) is 12.1. The summed E-state index contributed by atoms with van der Waals surface area (Å²) in [6.07, 6.45) is 4.15. The Hall–Kier alpha value is -4.62. The summed E-state index contributed by atoms with van der Waals surface area (Å²) in [5.41, 5.74) is 2.02. The van der Waals surface area contributed by atoms with Crippen molar-refractivity contribution in [1.29, 1.82) is 0 Å². The smallest absolute Gasteiger partial charge is 0.231 e. The number of para-hydroxylation sites is 1. The van der Waals surface area contributed by atoms with E-state index in [1.807, 2.05) is 84.9 Å². The van der Waals surface area contributed by atoms with Gasteiger partial charge in [-0.3, -0.25) is 24.5 Å². The molecule has 0 spiro atoms. The molecule has 3 aromatic rings. The minimum atomic E-state index is -1.32. The Bertz CT molecular complexity index is 1690. The maximum Gasteiger partial charge on any atom is 0.231 e. The molecule has 2 N–H and O–H groups in total. The Morgan fingerprint density at radius 3 is 2.28 bits per heavy atom. The zero-order valence-electron chi connectivity index (χ0n) is 23.4. The SMILES string of the molecule is O=C1NC(=O)C2C1CC=C1C2CC2C(=O)C(c3ccccc3)=CC(=O)C2(c2ccccc2)C1c1ccccc1OCCO. The van der Waals surface area contributed by atoms with Crippen LogP contribution in [-0.2, 0) is 24.6 Å². The van der Waals surface area contributed by atoms with Crippen LogP contribution in [-0.4, -0.2) is 41.7 Å². The molecule has 1 heterocycles. The van der Waals surface area contributed by atoms with Gasteiger partial charge in [0.2, 0.25) is 11.8 Å². The molecule has 6 atom stereocenters.